The molecule has 0 aromatic heterocycles. The average molecular weight is 233 g/mol. The summed E-state index contributed by atoms with van der Waals surface area (Å²) in [6.45, 7) is 1.15. The second-order valence-corrected chi connectivity index (χ2v) is 5.04. The van der Waals surface area contributed by atoms with E-state index < -0.39 is 0 Å². The van der Waals surface area contributed by atoms with Crippen LogP contribution in [0.5, 0.6) is 0 Å². The summed E-state index contributed by atoms with van der Waals surface area (Å²) in [5.41, 5.74) is 4.07. The van der Waals surface area contributed by atoms with Crippen LogP contribution in [0.3, 0.4) is 0 Å². The Kier molecular flexibility index (Phi) is 3.57. The van der Waals surface area contributed by atoms with Gasteiger partial charge in [0.2, 0.25) is 0 Å². The molecule has 0 saturated heterocycles. The first-order chi connectivity index (χ1) is 8.13. The second kappa shape index (κ2) is 4.96. The van der Waals surface area contributed by atoms with Crippen LogP contribution in [0.4, 0.5) is 11.4 Å². The van der Waals surface area contributed by atoms with Gasteiger partial charge in [0, 0.05) is 45.1 Å². The first-order valence-corrected chi connectivity index (χ1v) is 6.33. The van der Waals surface area contributed by atoms with Crippen LogP contribution in [0.25, 0.3) is 0 Å². The molecule has 0 bridgehead atoms. The fraction of sp³-hybridized carbons (Fsp3) is 0.571. The lowest BCUT2D eigenvalue weighted by Gasteiger charge is -2.24. The molecule has 0 aliphatic carbocycles. The van der Waals surface area contributed by atoms with Gasteiger partial charge in [-0.05, 0) is 43.7 Å². The van der Waals surface area contributed by atoms with Gasteiger partial charge >= 0.3 is 0 Å². The van der Waals surface area contributed by atoms with Crippen molar-refractivity contribution in [1.82, 2.24) is 5.32 Å². The van der Waals surface area contributed by atoms with Crippen LogP contribution < -0.4 is 15.1 Å². The molecule has 0 fully saturated rings. The number of hydrogen-bond acceptors (Lipinski definition) is 3. The van der Waals surface area contributed by atoms with Gasteiger partial charge in [0.25, 0.3) is 0 Å². The van der Waals surface area contributed by atoms with E-state index in [9.17, 15) is 0 Å². The quantitative estimate of drug-likeness (QED) is 0.845. The van der Waals surface area contributed by atoms with E-state index in [1.807, 2.05) is 0 Å². The van der Waals surface area contributed by atoms with Gasteiger partial charge in [-0.15, -0.1) is 0 Å². The largest absolute Gasteiger partial charge is 0.378 e. The summed E-state index contributed by atoms with van der Waals surface area (Å²) in [4.78, 5) is 4.53. The fourth-order valence-electron chi connectivity index (χ4n) is 2.56. The number of nitrogens with zero attached hydrogens (tertiary/aromatic N) is 2. The molecule has 1 aliphatic heterocycles. The molecule has 1 aromatic rings. The van der Waals surface area contributed by atoms with Crippen molar-refractivity contribution in [3.63, 3.8) is 0 Å². The summed E-state index contributed by atoms with van der Waals surface area (Å²) in [6.07, 6.45) is 2.46. The Morgan fingerprint density at radius 1 is 1.35 bits per heavy atom. The Bertz CT molecular complexity index is 387. The third-order valence-corrected chi connectivity index (χ3v) is 3.65. The van der Waals surface area contributed by atoms with Gasteiger partial charge in [-0.1, -0.05) is 0 Å². The first-order valence-electron chi connectivity index (χ1n) is 6.33. The maximum atomic E-state index is 3.44. The lowest BCUT2D eigenvalue weighted by atomic mass is 10.0. The predicted octanol–water partition coefficient (Wildman–Crippen LogP) is 2.24. The van der Waals surface area contributed by atoms with Crippen molar-refractivity contribution in [2.45, 2.75) is 18.9 Å². The summed E-state index contributed by atoms with van der Waals surface area (Å²) < 4.78 is 0. The Morgan fingerprint density at radius 2 is 2.12 bits per heavy atom. The topological polar surface area (TPSA) is 18.5 Å². The summed E-state index contributed by atoms with van der Waals surface area (Å²) in [6, 6.07) is 7.25. The zero-order valence-corrected chi connectivity index (χ0v) is 11.3. The minimum Gasteiger partial charge on any atom is -0.378 e. The summed E-state index contributed by atoms with van der Waals surface area (Å²) >= 11 is 0. The normalized spacial score (nSPS) is 19.8. The van der Waals surface area contributed by atoms with E-state index in [4.69, 9.17) is 0 Å². The van der Waals surface area contributed by atoms with Crippen LogP contribution >= 0.6 is 0 Å². The molecule has 1 heterocycles. The summed E-state index contributed by atoms with van der Waals surface area (Å²) in [5, 5.41) is 3.44. The number of nitrogens with one attached hydrogen (secondary N) is 1. The van der Waals surface area contributed by atoms with Crippen molar-refractivity contribution in [3.05, 3.63) is 23.8 Å². The molecular formula is C14H23N3. The highest BCUT2D eigenvalue weighted by molar-refractivity contribution is 5.62. The summed E-state index contributed by atoms with van der Waals surface area (Å²) in [5.74, 6) is 0. The molecule has 1 aliphatic rings. The smallest absolute Gasteiger partial charge is 0.0413 e. The van der Waals surface area contributed by atoms with E-state index in [-0.39, 0.29) is 0 Å². The van der Waals surface area contributed by atoms with Crippen molar-refractivity contribution in [3.8, 4) is 0 Å². The van der Waals surface area contributed by atoms with Gasteiger partial charge in [-0.3, -0.25) is 0 Å². The highest BCUT2D eigenvalue weighted by Gasteiger charge is 2.20. The van der Waals surface area contributed by atoms with Gasteiger partial charge in [-0.25, -0.2) is 0 Å². The van der Waals surface area contributed by atoms with E-state index in [0.717, 1.165) is 6.54 Å². The molecule has 2 rings (SSSR count). The average Bonchev–Trinajstić information content (AvgIpc) is 2.48. The Labute approximate surface area is 104 Å². The van der Waals surface area contributed by atoms with E-state index in [0.29, 0.717) is 6.04 Å². The van der Waals surface area contributed by atoms with Crippen molar-refractivity contribution >= 4 is 11.4 Å². The van der Waals surface area contributed by atoms with Crippen molar-refractivity contribution in [2.24, 2.45) is 0 Å². The van der Waals surface area contributed by atoms with Crippen LogP contribution in [0, 0.1) is 0 Å². The Morgan fingerprint density at radius 3 is 2.76 bits per heavy atom. The lowest BCUT2D eigenvalue weighted by molar-refractivity contribution is 0.543. The van der Waals surface area contributed by atoms with Crippen LogP contribution in [0.15, 0.2) is 18.2 Å². The molecule has 17 heavy (non-hydrogen) atoms. The molecule has 94 valence electrons. The van der Waals surface area contributed by atoms with E-state index in [1.165, 1.54) is 29.8 Å². The lowest BCUT2D eigenvalue weighted by Crippen LogP contribution is -2.19. The van der Waals surface area contributed by atoms with Gasteiger partial charge in [0.15, 0.2) is 0 Å². The van der Waals surface area contributed by atoms with Crippen LogP contribution in [-0.2, 0) is 0 Å². The Balaban J connectivity index is 2.46. The summed E-state index contributed by atoms with van der Waals surface area (Å²) in [7, 11) is 8.43. The minimum atomic E-state index is 0.481. The van der Waals surface area contributed by atoms with Gasteiger partial charge in [0.05, 0.1) is 0 Å². The van der Waals surface area contributed by atoms with Gasteiger partial charge in [0.1, 0.15) is 0 Å². The van der Waals surface area contributed by atoms with Crippen LogP contribution in [-0.4, -0.2) is 34.7 Å². The molecule has 1 unspecified atom stereocenters. The monoisotopic (exact) mass is 233 g/mol. The molecule has 0 spiro atoms. The number of rotatable bonds is 2. The van der Waals surface area contributed by atoms with Crippen molar-refractivity contribution in [1.29, 1.82) is 0 Å². The Hall–Kier alpha value is -1.22. The molecule has 0 saturated carbocycles. The molecule has 1 atom stereocenters. The molecule has 3 nitrogen and oxygen atoms in total. The second-order valence-electron chi connectivity index (χ2n) is 5.04. The zero-order chi connectivity index (χ0) is 12.4. The number of benzene rings is 1. The first kappa shape index (κ1) is 12.2. The molecule has 0 radical (unpaired) electrons. The predicted molar refractivity (Wildman–Crippen MR) is 75.1 cm³/mol. The zero-order valence-electron chi connectivity index (χ0n) is 11.3. The van der Waals surface area contributed by atoms with E-state index in [2.05, 4.69) is 61.5 Å². The highest BCUT2D eigenvalue weighted by Crippen LogP contribution is 2.34. The fourth-order valence-corrected chi connectivity index (χ4v) is 2.56. The number of fused-ring (bicyclic) bond motifs is 1. The molecular weight excluding hydrogens is 210 g/mol. The standard InChI is InChI=1S/C14H23N3/c1-15-13-6-5-9-17(4)14-8-7-11(16(2)3)10-12(13)14/h7-8,10,13,15H,5-6,9H2,1-4H3. The van der Waals surface area contributed by atoms with Gasteiger partial charge in [-0.2, -0.15) is 0 Å². The van der Waals surface area contributed by atoms with Gasteiger partial charge < -0.3 is 15.1 Å². The van der Waals surface area contributed by atoms with Crippen molar-refractivity contribution in [2.75, 3.05) is 44.5 Å². The van der Waals surface area contributed by atoms with Crippen molar-refractivity contribution < 1.29 is 0 Å². The number of anilines is 2. The maximum Gasteiger partial charge on any atom is 0.0413 e. The van der Waals surface area contributed by atoms with Crippen LogP contribution in [0.2, 0.25) is 0 Å². The minimum absolute atomic E-state index is 0.481. The highest BCUT2D eigenvalue weighted by atomic mass is 15.1. The SMILES string of the molecule is CNC1CCCN(C)c2ccc(N(C)C)cc21. The van der Waals surface area contributed by atoms with Crippen LogP contribution in [0.1, 0.15) is 24.4 Å². The molecule has 1 aromatic carbocycles. The molecule has 1 N–H and O–H groups in total. The number of hydrogen-bond donors (Lipinski definition) is 1. The van der Waals surface area contributed by atoms with E-state index >= 15 is 0 Å². The molecule has 0 amide bonds. The third kappa shape index (κ3) is 2.39. The van der Waals surface area contributed by atoms with E-state index in [1.54, 1.807) is 0 Å². The maximum absolute atomic E-state index is 3.44. The third-order valence-electron chi connectivity index (χ3n) is 3.65. The molecule has 3 heteroatoms.